The van der Waals surface area contributed by atoms with Gasteiger partial charge in [0.05, 0.1) is 12.8 Å². The van der Waals surface area contributed by atoms with E-state index in [0.29, 0.717) is 0 Å². The van der Waals surface area contributed by atoms with Gasteiger partial charge in [0.2, 0.25) is 0 Å². The standard InChI is InChI=1S/C12H8F3N3O2/c1-19-11-4-9(20-12(13,14)15)2-3-10(11)18-7-8(5-16)6-17/h2-4,7,18H,1H3. The predicted octanol–water partition coefficient (Wildman–Crippen LogP) is 2.94. The zero-order chi connectivity index (χ0) is 15.2. The van der Waals surface area contributed by atoms with Gasteiger partial charge in [-0.3, -0.25) is 0 Å². The SMILES string of the molecule is COc1cc(OC(F)(F)F)ccc1NC=C(C#N)C#N. The first-order valence-corrected chi connectivity index (χ1v) is 5.10. The summed E-state index contributed by atoms with van der Waals surface area (Å²) < 4.78 is 44.8. The van der Waals surface area contributed by atoms with Crippen molar-refractivity contribution in [1.82, 2.24) is 0 Å². The van der Waals surface area contributed by atoms with Crippen molar-refractivity contribution in [3.63, 3.8) is 0 Å². The van der Waals surface area contributed by atoms with Crippen LogP contribution in [0.25, 0.3) is 0 Å². The molecule has 0 aromatic heterocycles. The van der Waals surface area contributed by atoms with Crippen molar-refractivity contribution in [1.29, 1.82) is 10.5 Å². The molecule has 0 aliphatic rings. The van der Waals surface area contributed by atoms with Gasteiger partial charge >= 0.3 is 6.36 Å². The second-order valence-electron chi connectivity index (χ2n) is 3.34. The third kappa shape index (κ3) is 4.42. The minimum Gasteiger partial charge on any atom is -0.494 e. The van der Waals surface area contributed by atoms with Gasteiger partial charge in [0.1, 0.15) is 29.2 Å². The van der Waals surface area contributed by atoms with Crippen LogP contribution in [0.4, 0.5) is 18.9 Å². The van der Waals surface area contributed by atoms with Gasteiger partial charge in [-0.15, -0.1) is 13.2 Å². The summed E-state index contributed by atoms with van der Waals surface area (Å²) in [5.41, 5.74) is 0.0905. The summed E-state index contributed by atoms with van der Waals surface area (Å²) in [7, 11) is 1.26. The number of nitrogens with zero attached hydrogens (tertiary/aromatic N) is 2. The number of allylic oxidation sites excluding steroid dienone is 1. The van der Waals surface area contributed by atoms with Gasteiger partial charge in [0, 0.05) is 12.3 Å². The molecular weight excluding hydrogens is 275 g/mol. The number of halogens is 3. The molecule has 0 saturated heterocycles. The van der Waals surface area contributed by atoms with E-state index in [1.54, 1.807) is 12.1 Å². The van der Waals surface area contributed by atoms with Crippen LogP contribution in [0.1, 0.15) is 0 Å². The number of methoxy groups -OCH3 is 1. The van der Waals surface area contributed by atoms with E-state index in [2.05, 4.69) is 10.1 Å². The van der Waals surface area contributed by atoms with Crippen molar-refractivity contribution in [2.45, 2.75) is 6.36 Å². The number of nitrogens with one attached hydrogen (secondary N) is 1. The number of hydrogen-bond acceptors (Lipinski definition) is 5. The second kappa shape index (κ2) is 6.34. The maximum absolute atomic E-state index is 12.1. The Morgan fingerprint density at radius 1 is 1.30 bits per heavy atom. The number of benzene rings is 1. The fourth-order valence-electron chi connectivity index (χ4n) is 1.23. The lowest BCUT2D eigenvalue weighted by atomic mass is 10.2. The number of rotatable bonds is 4. The molecule has 0 radical (unpaired) electrons. The van der Waals surface area contributed by atoms with Gasteiger partial charge < -0.3 is 14.8 Å². The molecule has 20 heavy (non-hydrogen) atoms. The molecule has 0 fully saturated rings. The average molecular weight is 283 g/mol. The smallest absolute Gasteiger partial charge is 0.494 e. The monoisotopic (exact) mass is 283 g/mol. The van der Waals surface area contributed by atoms with Gasteiger partial charge in [0.15, 0.2) is 0 Å². The van der Waals surface area contributed by atoms with Crippen molar-refractivity contribution in [3.05, 3.63) is 30.0 Å². The van der Waals surface area contributed by atoms with Crippen LogP contribution in [-0.2, 0) is 0 Å². The molecule has 8 heteroatoms. The van der Waals surface area contributed by atoms with Crippen molar-refractivity contribution in [2.24, 2.45) is 0 Å². The molecule has 1 N–H and O–H groups in total. The fraction of sp³-hybridized carbons (Fsp3) is 0.167. The molecular formula is C12H8F3N3O2. The summed E-state index contributed by atoms with van der Waals surface area (Å²) in [5.74, 6) is -0.372. The first-order valence-electron chi connectivity index (χ1n) is 5.10. The normalized spacial score (nSPS) is 9.90. The van der Waals surface area contributed by atoms with Crippen molar-refractivity contribution in [2.75, 3.05) is 12.4 Å². The second-order valence-corrected chi connectivity index (χ2v) is 3.34. The van der Waals surface area contributed by atoms with Crippen LogP contribution in [0.15, 0.2) is 30.0 Å². The maximum Gasteiger partial charge on any atom is 0.573 e. The molecule has 5 nitrogen and oxygen atoms in total. The van der Waals surface area contributed by atoms with Crippen LogP contribution in [0.2, 0.25) is 0 Å². The largest absolute Gasteiger partial charge is 0.573 e. The molecule has 0 spiro atoms. The van der Waals surface area contributed by atoms with Gasteiger partial charge in [-0.05, 0) is 12.1 Å². The zero-order valence-electron chi connectivity index (χ0n) is 10.2. The van der Waals surface area contributed by atoms with E-state index in [0.717, 1.165) is 18.3 Å². The molecule has 1 aromatic rings. The molecule has 0 amide bonds. The van der Waals surface area contributed by atoms with Crippen LogP contribution in [0, 0.1) is 22.7 Å². The Kier molecular flexibility index (Phi) is 4.82. The van der Waals surface area contributed by atoms with E-state index >= 15 is 0 Å². The first kappa shape index (κ1) is 15.2. The number of alkyl halides is 3. The predicted molar refractivity (Wildman–Crippen MR) is 62.6 cm³/mol. The molecule has 0 bridgehead atoms. The molecule has 0 heterocycles. The Morgan fingerprint density at radius 2 is 1.95 bits per heavy atom. The molecule has 0 saturated carbocycles. The summed E-state index contributed by atoms with van der Waals surface area (Å²) in [6, 6.07) is 6.62. The summed E-state index contributed by atoms with van der Waals surface area (Å²) in [4.78, 5) is 0. The van der Waals surface area contributed by atoms with E-state index in [1.165, 1.54) is 13.2 Å². The Bertz CT molecular complexity index is 581. The lowest BCUT2D eigenvalue weighted by Gasteiger charge is -2.12. The first-order chi connectivity index (χ1) is 9.39. The van der Waals surface area contributed by atoms with E-state index < -0.39 is 12.1 Å². The lowest BCUT2D eigenvalue weighted by molar-refractivity contribution is -0.274. The highest BCUT2D eigenvalue weighted by molar-refractivity contribution is 5.61. The quantitative estimate of drug-likeness (QED) is 0.859. The van der Waals surface area contributed by atoms with Crippen molar-refractivity contribution >= 4 is 5.69 Å². The van der Waals surface area contributed by atoms with Crippen molar-refractivity contribution in [3.8, 4) is 23.6 Å². The summed E-state index contributed by atoms with van der Waals surface area (Å²) in [6.07, 6.45) is -3.68. The Hall–Kier alpha value is -2.87. The molecule has 1 rings (SSSR count). The van der Waals surface area contributed by atoms with Crippen LogP contribution in [-0.4, -0.2) is 13.5 Å². The van der Waals surface area contributed by atoms with Crippen molar-refractivity contribution < 1.29 is 22.6 Å². The number of anilines is 1. The minimum atomic E-state index is -4.80. The van der Waals surface area contributed by atoms with Crippen LogP contribution in [0.5, 0.6) is 11.5 Å². The van der Waals surface area contributed by atoms with E-state index in [4.69, 9.17) is 15.3 Å². The van der Waals surface area contributed by atoms with E-state index in [9.17, 15) is 13.2 Å². The van der Waals surface area contributed by atoms with E-state index in [-0.39, 0.29) is 17.0 Å². The highest BCUT2D eigenvalue weighted by Crippen LogP contribution is 2.32. The zero-order valence-corrected chi connectivity index (χ0v) is 10.2. The van der Waals surface area contributed by atoms with Gasteiger partial charge in [0.25, 0.3) is 0 Å². The average Bonchev–Trinajstić information content (AvgIpc) is 2.39. The van der Waals surface area contributed by atoms with Crippen LogP contribution >= 0.6 is 0 Å². The third-order valence-electron chi connectivity index (χ3n) is 2.02. The molecule has 0 unspecified atom stereocenters. The summed E-state index contributed by atoms with van der Waals surface area (Å²) in [5, 5.41) is 19.7. The topological polar surface area (TPSA) is 78.1 Å². The number of ether oxygens (including phenoxy) is 2. The molecule has 0 aliphatic heterocycles. The van der Waals surface area contributed by atoms with Crippen LogP contribution in [0.3, 0.4) is 0 Å². The molecule has 0 aliphatic carbocycles. The fourth-order valence-corrected chi connectivity index (χ4v) is 1.23. The van der Waals surface area contributed by atoms with E-state index in [1.807, 2.05) is 0 Å². The highest BCUT2D eigenvalue weighted by atomic mass is 19.4. The summed E-state index contributed by atoms with van der Waals surface area (Å²) >= 11 is 0. The van der Waals surface area contributed by atoms with Crippen LogP contribution < -0.4 is 14.8 Å². The Morgan fingerprint density at radius 3 is 2.45 bits per heavy atom. The maximum atomic E-state index is 12.1. The minimum absolute atomic E-state index is 0.0678. The Balaban J connectivity index is 2.98. The number of nitriles is 2. The van der Waals surface area contributed by atoms with Gasteiger partial charge in [-0.1, -0.05) is 0 Å². The van der Waals surface area contributed by atoms with Gasteiger partial charge in [-0.2, -0.15) is 10.5 Å². The van der Waals surface area contributed by atoms with Gasteiger partial charge in [-0.25, -0.2) is 0 Å². The summed E-state index contributed by atoms with van der Waals surface area (Å²) in [6.45, 7) is 0. The highest BCUT2D eigenvalue weighted by Gasteiger charge is 2.31. The lowest BCUT2D eigenvalue weighted by Crippen LogP contribution is -2.17. The third-order valence-corrected chi connectivity index (χ3v) is 2.02. The Labute approximate surface area is 112 Å². The molecule has 1 aromatic carbocycles. The number of hydrogen-bond donors (Lipinski definition) is 1. The molecule has 104 valence electrons. The molecule has 0 atom stereocenters.